The lowest BCUT2D eigenvalue weighted by Crippen LogP contribution is -2.41. The highest BCUT2D eigenvalue weighted by molar-refractivity contribution is 7.89. The number of sulfonamides is 1. The third-order valence-electron chi connectivity index (χ3n) is 1.53. The minimum Gasteiger partial charge on any atom is -0.364 e. The lowest BCUT2D eigenvalue weighted by Gasteiger charge is -2.20. The van der Waals surface area contributed by atoms with E-state index in [1.165, 1.54) is 4.72 Å². The van der Waals surface area contributed by atoms with E-state index in [-0.39, 0.29) is 0 Å². The maximum atomic E-state index is 12.5. The van der Waals surface area contributed by atoms with Gasteiger partial charge in [-0.15, -0.1) is 0 Å². The number of carbonyl (C=O) groups is 1. The monoisotopic (exact) mass is 254 g/mol. The number of H-pyrrole nitrogens is 1. The molecule has 0 saturated heterocycles. The number of aromatic nitrogens is 1. The van der Waals surface area contributed by atoms with Crippen LogP contribution in [0.4, 0.5) is 0 Å². The van der Waals surface area contributed by atoms with Gasteiger partial charge in [0.1, 0.15) is 10.6 Å². The number of hydrogen-bond acceptors (Lipinski definition) is 3. The summed E-state index contributed by atoms with van der Waals surface area (Å²) >= 11 is 0. The Hall–Kier alpha value is -1.34. The van der Waals surface area contributed by atoms with Crippen LogP contribution in [-0.2, 0) is 10.0 Å². The van der Waals surface area contributed by atoms with Gasteiger partial charge < -0.3 is 10.7 Å². The van der Waals surface area contributed by atoms with Crippen molar-refractivity contribution in [3.8, 4) is 0 Å². The topological polar surface area (TPSA) is 105 Å². The predicted molar refractivity (Wildman–Crippen MR) is 59.4 cm³/mol. The van der Waals surface area contributed by atoms with E-state index in [2.05, 4.69) is 4.98 Å². The van der Waals surface area contributed by atoms with Crippen molar-refractivity contribution >= 4 is 15.9 Å². The summed E-state index contributed by atoms with van der Waals surface area (Å²) in [6.45, 7) is -11.3. The number of primary amides is 1. The van der Waals surface area contributed by atoms with Crippen LogP contribution in [0.25, 0.3) is 0 Å². The number of carbonyl (C=O) groups excluding carboxylic acids is 1. The molecule has 16 heavy (non-hydrogen) atoms. The van der Waals surface area contributed by atoms with Crippen molar-refractivity contribution in [3.05, 3.63) is 18.0 Å². The zero-order valence-electron chi connectivity index (χ0n) is 16.9. The summed E-state index contributed by atoms with van der Waals surface area (Å²) in [5, 5.41) is 0. The van der Waals surface area contributed by atoms with Crippen molar-refractivity contribution in [2.24, 2.45) is 5.73 Å². The summed E-state index contributed by atoms with van der Waals surface area (Å²) in [7, 11) is -5.06. The van der Waals surface area contributed by atoms with Gasteiger partial charge in [0, 0.05) is 24.1 Å². The van der Waals surface area contributed by atoms with Crippen LogP contribution in [0, 0.1) is 0 Å². The van der Waals surface area contributed by atoms with Gasteiger partial charge in [-0.3, -0.25) is 4.79 Å². The average molecular weight is 254 g/mol. The van der Waals surface area contributed by atoms with Gasteiger partial charge >= 0.3 is 0 Å². The molecule has 1 aromatic rings. The second kappa shape index (κ2) is 3.91. The highest BCUT2D eigenvalue weighted by Gasteiger charge is 2.26. The van der Waals surface area contributed by atoms with Gasteiger partial charge in [-0.05, 0) is 26.6 Å². The van der Waals surface area contributed by atoms with Crippen LogP contribution in [0.2, 0.25) is 0 Å². The van der Waals surface area contributed by atoms with Crippen molar-refractivity contribution in [2.75, 3.05) is 0 Å². The highest BCUT2D eigenvalue weighted by Crippen LogP contribution is 2.16. The normalized spacial score (nSPS) is 23.4. The maximum Gasteiger partial charge on any atom is 0.266 e. The van der Waals surface area contributed by atoms with Crippen molar-refractivity contribution in [3.63, 3.8) is 0 Å². The molecule has 0 saturated carbocycles. The Morgan fingerprint density at radius 3 is 2.69 bits per heavy atom. The van der Waals surface area contributed by atoms with Crippen LogP contribution in [0.5, 0.6) is 0 Å². The minimum absolute atomic E-state index is 0.664. The summed E-state index contributed by atoms with van der Waals surface area (Å²) < 4.78 is 92.7. The summed E-state index contributed by atoms with van der Waals surface area (Å²) in [6.07, 6.45) is 0.982. The lowest BCUT2D eigenvalue weighted by atomic mass is 10.1. The van der Waals surface area contributed by atoms with Crippen LogP contribution in [0.1, 0.15) is 43.4 Å². The molecule has 6 nitrogen and oxygen atoms in total. The largest absolute Gasteiger partial charge is 0.364 e. The molecule has 7 heteroatoms. The summed E-state index contributed by atoms with van der Waals surface area (Å²) in [4.78, 5) is 12.6. The van der Waals surface area contributed by atoms with Crippen molar-refractivity contribution in [1.29, 1.82) is 0 Å². The lowest BCUT2D eigenvalue weighted by molar-refractivity contribution is 0.0993. The van der Waals surface area contributed by atoms with E-state index in [4.69, 9.17) is 18.1 Å². The Bertz CT molecular complexity index is 724. The van der Waals surface area contributed by atoms with Crippen molar-refractivity contribution in [1.82, 2.24) is 9.71 Å². The highest BCUT2D eigenvalue weighted by atomic mass is 32.2. The molecule has 4 N–H and O–H groups in total. The van der Waals surface area contributed by atoms with Gasteiger partial charge in [-0.25, -0.2) is 13.1 Å². The Morgan fingerprint density at radius 1 is 1.56 bits per heavy atom. The first-order chi connectivity index (χ1) is 10.9. The first kappa shape index (κ1) is 4.89. The van der Waals surface area contributed by atoms with Gasteiger partial charge in [0.25, 0.3) is 5.91 Å². The molecule has 1 aromatic heterocycles. The Balaban J connectivity index is 3.71. The predicted octanol–water partition coefficient (Wildman–Crippen LogP) is 0.190. The maximum absolute atomic E-state index is 12.5. The molecule has 0 bridgehead atoms. The summed E-state index contributed by atoms with van der Waals surface area (Å²) in [5.74, 6) is -1.23. The molecule has 0 aliphatic heterocycles. The van der Waals surface area contributed by atoms with Crippen LogP contribution < -0.4 is 10.5 Å². The SMILES string of the molecule is [2H]C([2H])([2H])C(NS(=O)(=O)c1cc[nH]c1C(N)=O)(C([2H])([2H])[2H])C([2H])([2H])[2H]. The fraction of sp³-hybridized carbons (Fsp3) is 0.444. The zero-order valence-corrected chi connectivity index (χ0v) is 8.68. The third-order valence-corrected chi connectivity index (χ3v) is 3.03. The molecule has 0 atom stereocenters. The second-order valence-corrected chi connectivity index (χ2v) is 4.59. The molecule has 1 heterocycles. The molecule has 0 aliphatic carbocycles. The number of hydrogen-bond donors (Lipinski definition) is 3. The molecule has 0 aliphatic rings. The zero-order chi connectivity index (χ0) is 20.1. The molecule has 1 amide bonds. The number of rotatable bonds is 3. The standard InChI is InChI=1S/C9H15N3O3S/c1-9(2,3)12-16(14,15)6-4-5-11-7(6)8(10)13/h4-5,11-12H,1-3H3,(H2,10,13)/i1D3,2D3,3D3. The van der Waals surface area contributed by atoms with Crippen LogP contribution in [-0.4, -0.2) is 24.8 Å². The van der Waals surface area contributed by atoms with E-state index >= 15 is 0 Å². The van der Waals surface area contributed by atoms with Crippen molar-refractivity contribution < 1.29 is 25.5 Å². The molecule has 0 fully saturated rings. The van der Waals surface area contributed by atoms with Crippen molar-refractivity contribution in [2.45, 2.75) is 31.0 Å². The molecule has 0 radical (unpaired) electrons. The molecular formula is C9H15N3O3S. The summed E-state index contributed by atoms with van der Waals surface area (Å²) in [5.41, 5.74) is 0.510. The quantitative estimate of drug-likeness (QED) is 0.717. The van der Waals surface area contributed by atoms with E-state index < -0.39 is 52.6 Å². The Kier molecular flexibility index (Phi) is 1.19. The Labute approximate surface area is 107 Å². The number of nitrogens with one attached hydrogen (secondary N) is 2. The van der Waals surface area contributed by atoms with E-state index in [1.54, 1.807) is 0 Å². The molecule has 0 unspecified atom stereocenters. The fourth-order valence-corrected chi connectivity index (χ4v) is 2.22. The van der Waals surface area contributed by atoms with E-state index in [0.717, 1.165) is 12.3 Å². The van der Waals surface area contributed by atoms with E-state index in [9.17, 15) is 13.2 Å². The van der Waals surface area contributed by atoms with Gasteiger partial charge in [-0.2, -0.15) is 0 Å². The molecule has 1 rings (SSSR count). The molecule has 90 valence electrons. The molecule has 0 spiro atoms. The van der Waals surface area contributed by atoms with Crippen LogP contribution in [0.15, 0.2) is 17.2 Å². The van der Waals surface area contributed by atoms with E-state index in [0.29, 0.717) is 0 Å². The Morgan fingerprint density at radius 2 is 2.19 bits per heavy atom. The van der Waals surface area contributed by atoms with Gasteiger partial charge in [0.05, 0.1) is 0 Å². The van der Waals surface area contributed by atoms with Crippen LogP contribution in [0.3, 0.4) is 0 Å². The van der Waals surface area contributed by atoms with Crippen LogP contribution >= 0.6 is 0 Å². The van der Waals surface area contributed by atoms with Gasteiger partial charge in [0.2, 0.25) is 10.0 Å². The van der Waals surface area contributed by atoms with Gasteiger partial charge in [-0.1, -0.05) is 0 Å². The third kappa shape index (κ3) is 2.83. The average Bonchev–Trinajstić information content (AvgIpc) is 2.81. The minimum atomic E-state index is -5.06. The summed E-state index contributed by atoms with van der Waals surface area (Å²) in [6, 6.07) is 0.811. The smallest absolute Gasteiger partial charge is 0.266 e. The number of aromatic amines is 1. The first-order valence-electron chi connectivity index (χ1n) is 8.40. The molecular weight excluding hydrogens is 230 g/mol. The molecule has 0 aromatic carbocycles. The first-order valence-corrected chi connectivity index (χ1v) is 5.38. The van der Waals surface area contributed by atoms with Gasteiger partial charge in [0.15, 0.2) is 0 Å². The number of amides is 1. The number of nitrogens with two attached hydrogens (primary N) is 1. The fourth-order valence-electron chi connectivity index (χ4n) is 1.03. The van der Waals surface area contributed by atoms with E-state index in [1.807, 2.05) is 0 Å². The second-order valence-electron chi connectivity index (χ2n) is 2.94.